The summed E-state index contributed by atoms with van der Waals surface area (Å²) in [7, 11) is 0. The van der Waals surface area contributed by atoms with Crippen LogP contribution in [0.3, 0.4) is 0 Å². The van der Waals surface area contributed by atoms with Crippen LogP contribution in [0.5, 0.6) is 0 Å². The summed E-state index contributed by atoms with van der Waals surface area (Å²) in [5.41, 5.74) is 1.35. The molecule has 0 bridgehead atoms. The highest BCUT2D eigenvalue weighted by molar-refractivity contribution is 5.94. The lowest BCUT2D eigenvalue weighted by Crippen LogP contribution is -2.33. The van der Waals surface area contributed by atoms with Crippen molar-refractivity contribution < 1.29 is 4.79 Å². The van der Waals surface area contributed by atoms with Crippen LogP contribution < -0.4 is 5.32 Å². The van der Waals surface area contributed by atoms with Gasteiger partial charge in [0.1, 0.15) is 5.69 Å². The second-order valence-electron chi connectivity index (χ2n) is 5.19. The van der Waals surface area contributed by atoms with Crippen LogP contribution in [0.1, 0.15) is 23.3 Å². The first-order valence-corrected chi connectivity index (χ1v) is 7.19. The lowest BCUT2D eigenvalue weighted by molar-refractivity contribution is 0.0945. The molecule has 0 atom stereocenters. The fourth-order valence-electron chi connectivity index (χ4n) is 2.62. The van der Waals surface area contributed by atoms with Gasteiger partial charge in [-0.3, -0.25) is 4.79 Å². The Bertz CT molecular complexity index is 605. The summed E-state index contributed by atoms with van der Waals surface area (Å²) in [6.07, 6.45) is 2.56. The first-order chi connectivity index (χ1) is 9.83. The third-order valence-corrected chi connectivity index (χ3v) is 3.74. The zero-order valence-electron chi connectivity index (χ0n) is 11.5. The van der Waals surface area contributed by atoms with Gasteiger partial charge in [-0.05, 0) is 38.1 Å². The number of pyridine rings is 1. The summed E-state index contributed by atoms with van der Waals surface area (Å²) in [4.78, 5) is 18.9. The molecule has 20 heavy (non-hydrogen) atoms. The number of benzene rings is 1. The standard InChI is InChI=1S/C16H19N3O/c20-16(17-9-12-19-10-3-4-11-19)15-8-7-13-5-1-2-6-14(13)18-15/h1-2,5-8H,3-4,9-12H2,(H,17,20). The molecule has 0 aliphatic carbocycles. The quantitative estimate of drug-likeness (QED) is 0.924. The molecule has 3 rings (SSSR count). The van der Waals surface area contributed by atoms with Gasteiger partial charge in [0.05, 0.1) is 5.52 Å². The van der Waals surface area contributed by atoms with Gasteiger partial charge in [0.2, 0.25) is 0 Å². The molecule has 104 valence electrons. The molecule has 0 spiro atoms. The van der Waals surface area contributed by atoms with Gasteiger partial charge in [-0.25, -0.2) is 4.98 Å². The van der Waals surface area contributed by atoms with E-state index in [1.807, 2.05) is 30.3 Å². The molecule has 2 heterocycles. The maximum absolute atomic E-state index is 12.1. The SMILES string of the molecule is O=C(NCCN1CCCC1)c1ccc2ccccc2n1. The Labute approximate surface area is 118 Å². The Hall–Kier alpha value is -1.94. The number of nitrogens with one attached hydrogen (secondary N) is 1. The molecule has 0 unspecified atom stereocenters. The van der Waals surface area contributed by atoms with Crippen LogP contribution in [-0.2, 0) is 0 Å². The number of hydrogen-bond acceptors (Lipinski definition) is 3. The molecule has 1 aliphatic heterocycles. The van der Waals surface area contributed by atoms with Crippen LogP contribution in [0.15, 0.2) is 36.4 Å². The number of rotatable bonds is 4. The van der Waals surface area contributed by atoms with Gasteiger partial charge < -0.3 is 10.2 Å². The second kappa shape index (κ2) is 6.01. The van der Waals surface area contributed by atoms with E-state index in [0.717, 1.165) is 30.5 Å². The molecule has 0 radical (unpaired) electrons. The molecule has 2 aromatic rings. The van der Waals surface area contributed by atoms with Crippen LogP contribution in [-0.4, -0.2) is 42.0 Å². The van der Waals surface area contributed by atoms with Crippen molar-refractivity contribution in [3.05, 3.63) is 42.1 Å². The van der Waals surface area contributed by atoms with Crippen molar-refractivity contribution in [3.63, 3.8) is 0 Å². The van der Waals surface area contributed by atoms with Gasteiger partial charge in [-0.15, -0.1) is 0 Å². The molecule has 1 aliphatic rings. The Balaban J connectivity index is 1.60. The minimum Gasteiger partial charge on any atom is -0.349 e. The van der Waals surface area contributed by atoms with Crippen molar-refractivity contribution in [1.82, 2.24) is 15.2 Å². The van der Waals surface area contributed by atoms with E-state index < -0.39 is 0 Å². The molecule has 4 heteroatoms. The fraction of sp³-hybridized carbons (Fsp3) is 0.375. The van der Waals surface area contributed by atoms with E-state index >= 15 is 0 Å². The number of carbonyl (C=O) groups excluding carboxylic acids is 1. The minimum atomic E-state index is -0.0880. The lowest BCUT2D eigenvalue weighted by Gasteiger charge is -2.14. The van der Waals surface area contributed by atoms with Crippen molar-refractivity contribution >= 4 is 16.8 Å². The van der Waals surface area contributed by atoms with E-state index in [2.05, 4.69) is 15.2 Å². The number of hydrogen-bond donors (Lipinski definition) is 1. The molecular weight excluding hydrogens is 250 g/mol. The van der Waals surface area contributed by atoms with Crippen LogP contribution >= 0.6 is 0 Å². The number of fused-ring (bicyclic) bond motifs is 1. The van der Waals surface area contributed by atoms with Crippen LogP contribution in [0.4, 0.5) is 0 Å². The molecule has 1 saturated heterocycles. The summed E-state index contributed by atoms with van der Waals surface area (Å²) in [6.45, 7) is 3.93. The summed E-state index contributed by atoms with van der Waals surface area (Å²) < 4.78 is 0. The fourth-order valence-corrected chi connectivity index (χ4v) is 2.62. The van der Waals surface area contributed by atoms with E-state index in [1.165, 1.54) is 12.8 Å². The number of para-hydroxylation sites is 1. The first kappa shape index (κ1) is 13.1. The molecule has 4 nitrogen and oxygen atoms in total. The van der Waals surface area contributed by atoms with Gasteiger partial charge in [0, 0.05) is 18.5 Å². The summed E-state index contributed by atoms with van der Waals surface area (Å²) in [6, 6.07) is 11.6. The molecule has 1 aromatic carbocycles. The normalized spacial score (nSPS) is 15.6. The van der Waals surface area contributed by atoms with Crippen LogP contribution in [0, 0.1) is 0 Å². The monoisotopic (exact) mass is 269 g/mol. The molecule has 0 saturated carbocycles. The smallest absolute Gasteiger partial charge is 0.269 e. The molecule has 1 N–H and O–H groups in total. The van der Waals surface area contributed by atoms with Crippen LogP contribution in [0.25, 0.3) is 10.9 Å². The highest BCUT2D eigenvalue weighted by Gasteiger charge is 2.12. The van der Waals surface area contributed by atoms with Crippen molar-refractivity contribution in [2.45, 2.75) is 12.8 Å². The lowest BCUT2D eigenvalue weighted by atomic mass is 10.2. The topological polar surface area (TPSA) is 45.2 Å². The Kier molecular flexibility index (Phi) is 3.92. The van der Waals surface area contributed by atoms with Crippen molar-refractivity contribution in [2.75, 3.05) is 26.2 Å². The van der Waals surface area contributed by atoms with E-state index in [4.69, 9.17) is 0 Å². The Morgan fingerprint density at radius 3 is 2.80 bits per heavy atom. The van der Waals surface area contributed by atoms with Gasteiger partial charge in [0.15, 0.2) is 0 Å². The third kappa shape index (κ3) is 2.96. The average Bonchev–Trinajstić information content (AvgIpc) is 3.00. The zero-order valence-corrected chi connectivity index (χ0v) is 11.5. The van der Waals surface area contributed by atoms with E-state index in [9.17, 15) is 4.79 Å². The first-order valence-electron chi connectivity index (χ1n) is 7.19. The molecule has 1 amide bonds. The maximum Gasteiger partial charge on any atom is 0.269 e. The second-order valence-corrected chi connectivity index (χ2v) is 5.19. The predicted octanol–water partition coefficient (Wildman–Crippen LogP) is 2.06. The van der Waals surface area contributed by atoms with Crippen molar-refractivity contribution in [2.24, 2.45) is 0 Å². The van der Waals surface area contributed by atoms with Gasteiger partial charge >= 0.3 is 0 Å². The number of nitrogens with zero attached hydrogens (tertiary/aromatic N) is 2. The third-order valence-electron chi connectivity index (χ3n) is 3.74. The summed E-state index contributed by atoms with van der Waals surface area (Å²) in [5, 5.41) is 4.00. The van der Waals surface area contributed by atoms with Crippen molar-refractivity contribution in [1.29, 1.82) is 0 Å². The Morgan fingerprint density at radius 1 is 1.15 bits per heavy atom. The highest BCUT2D eigenvalue weighted by atomic mass is 16.1. The maximum atomic E-state index is 12.1. The van der Waals surface area contributed by atoms with E-state index in [-0.39, 0.29) is 5.91 Å². The highest BCUT2D eigenvalue weighted by Crippen LogP contribution is 2.11. The number of likely N-dealkylation sites (tertiary alicyclic amines) is 1. The number of amides is 1. The minimum absolute atomic E-state index is 0.0880. The molecular formula is C16H19N3O. The number of aromatic nitrogens is 1. The van der Waals surface area contributed by atoms with Gasteiger partial charge in [-0.2, -0.15) is 0 Å². The van der Waals surface area contributed by atoms with Crippen LogP contribution in [0.2, 0.25) is 0 Å². The predicted molar refractivity (Wildman–Crippen MR) is 79.8 cm³/mol. The molecule has 1 aromatic heterocycles. The Morgan fingerprint density at radius 2 is 1.95 bits per heavy atom. The largest absolute Gasteiger partial charge is 0.349 e. The van der Waals surface area contributed by atoms with Crippen molar-refractivity contribution in [3.8, 4) is 0 Å². The van der Waals surface area contributed by atoms with Gasteiger partial charge in [-0.1, -0.05) is 24.3 Å². The zero-order chi connectivity index (χ0) is 13.8. The van der Waals surface area contributed by atoms with E-state index in [1.54, 1.807) is 6.07 Å². The summed E-state index contributed by atoms with van der Waals surface area (Å²) in [5.74, 6) is -0.0880. The molecule has 1 fully saturated rings. The average molecular weight is 269 g/mol. The van der Waals surface area contributed by atoms with E-state index in [0.29, 0.717) is 12.2 Å². The summed E-state index contributed by atoms with van der Waals surface area (Å²) >= 11 is 0. The number of carbonyl (C=O) groups is 1. The van der Waals surface area contributed by atoms with Gasteiger partial charge in [0.25, 0.3) is 5.91 Å².